The van der Waals surface area contributed by atoms with Gasteiger partial charge in [0.15, 0.2) is 0 Å². The summed E-state index contributed by atoms with van der Waals surface area (Å²) >= 11 is 3.50. The molecule has 1 aliphatic rings. The van der Waals surface area contributed by atoms with Crippen LogP contribution in [0.15, 0.2) is 22.8 Å². The van der Waals surface area contributed by atoms with Gasteiger partial charge >= 0.3 is 0 Å². The zero-order valence-electron chi connectivity index (χ0n) is 9.85. The molecule has 0 N–H and O–H groups in total. The van der Waals surface area contributed by atoms with E-state index in [0.717, 1.165) is 15.8 Å². The number of hydrogen-bond acceptors (Lipinski definition) is 3. The minimum Gasteiger partial charge on any atom is -0.478 e. The molecular formula is C12H14BrN3O. The summed E-state index contributed by atoms with van der Waals surface area (Å²) in [5, 5.41) is 4.47. The number of nitrogens with zero attached hydrogens (tertiary/aromatic N) is 3. The second-order valence-electron chi connectivity index (χ2n) is 4.35. The van der Waals surface area contributed by atoms with Crippen LogP contribution in [0.3, 0.4) is 0 Å². The van der Waals surface area contributed by atoms with Crippen LogP contribution in [0.4, 0.5) is 5.69 Å². The van der Waals surface area contributed by atoms with Gasteiger partial charge < -0.3 is 9.64 Å². The first-order valence-corrected chi connectivity index (χ1v) is 6.45. The van der Waals surface area contributed by atoms with E-state index in [0.29, 0.717) is 11.9 Å². The molecule has 0 aliphatic heterocycles. The van der Waals surface area contributed by atoms with Crippen molar-refractivity contribution in [2.45, 2.75) is 18.9 Å². The summed E-state index contributed by atoms with van der Waals surface area (Å²) in [7, 11) is 3.78. The SMILES string of the molecule is COc1nn2c(Br)cccc2c1N(C)C1CC1. The molecule has 0 atom stereocenters. The van der Waals surface area contributed by atoms with E-state index >= 15 is 0 Å². The first-order chi connectivity index (χ1) is 8.22. The Morgan fingerprint density at radius 3 is 2.88 bits per heavy atom. The molecular weight excluding hydrogens is 282 g/mol. The highest BCUT2D eigenvalue weighted by Gasteiger charge is 2.30. The Balaban J connectivity index is 2.22. The molecule has 3 rings (SSSR count). The molecule has 0 bridgehead atoms. The number of hydrogen-bond donors (Lipinski definition) is 0. The minimum absolute atomic E-state index is 0.635. The third-order valence-corrected chi connectivity index (χ3v) is 3.80. The number of aromatic nitrogens is 2. The Bertz CT molecular complexity index is 562. The van der Waals surface area contributed by atoms with E-state index in [1.54, 1.807) is 7.11 Å². The molecule has 0 spiro atoms. The van der Waals surface area contributed by atoms with Gasteiger partial charge in [-0.2, -0.15) is 0 Å². The van der Waals surface area contributed by atoms with Gasteiger partial charge in [0, 0.05) is 13.1 Å². The van der Waals surface area contributed by atoms with Gasteiger partial charge in [-0.3, -0.25) is 0 Å². The van der Waals surface area contributed by atoms with Gasteiger partial charge in [0.2, 0.25) is 0 Å². The third-order valence-electron chi connectivity index (χ3n) is 3.20. The largest absolute Gasteiger partial charge is 0.478 e. The molecule has 2 aromatic heterocycles. The number of ether oxygens (including phenoxy) is 1. The highest BCUT2D eigenvalue weighted by Crippen LogP contribution is 2.39. The van der Waals surface area contributed by atoms with Gasteiger partial charge in [0.1, 0.15) is 10.3 Å². The normalized spacial score (nSPS) is 15.2. The number of anilines is 1. The molecule has 0 saturated heterocycles. The Hall–Kier alpha value is -1.23. The summed E-state index contributed by atoms with van der Waals surface area (Å²) in [6, 6.07) is 6.69. The highest BCUT2D eigenvalue weighted by atomic mass is 79.9. The summed E-state index contributed by atoms with van der Waals surface area (Å²) in [6.07, 6.45) is 2.51. The molecule has 0 unspecified atom stereocenters. The Kier molecular flexibility index (Phi) is 2.50. The average Bonchev–Trinajstić information content (AvgIpc) is 3.09. The quantitative estimate of drug-likeness (QED) is 0.816. The van der Waals surface area contributed by atoms with Crippen molar-refractivity contribution in [2.24, 2.45) is 0 Å². The summed E-state index contributed by atoms with van der Waals surface area (Å²) in [5.74, 6) is 0.686. The van der Waals surface area contributed by atoms with E-state index in [1.807, 2.05) is 16.6 Å². The second-order valence-corrected chi connectivity index (χ2v) is 5.16. The molecule has 5 heteroatoms. The average molecular weight is 296 g/mol. The van der Waals surface area contributed by atoms with Crippen molar-refractivity contribution in [3.8, 4) is 5.88 Å². The van der Waals surface area contributed by atoms with Crippen LogP contribution in [0.2, 0.25) is 0 Å². The first kappa shape index (κ1) is 10.9. The van der Waals surface area contributed by atoms with Crippen molar-refractivity contribution < 1.29 is 4.74 Å². The van der Waals surface area contributed by atoms with Crippen LogP contribution in [0.1, 0.15) is 12.8 Å². The molecule has 2 aromatic rings. The fourth-order valence-corrected chi connectivity index (χ4v) is 2.54. The molecule has 0 amide bonds. The Morgan fingerprint density at radius 1 is 1.47 bits per heavy atom. The molecule has 17 heavy (non-hydrogen) atoms. The highest BCUT2D eigenvalue weighted by molar-refractivity contribution is 9.10. The minimum atomic E-state index is 0.635. The lowest BCUT2D eigenvalue weighted by molar-refractivity contribution is 0.395. The molecule has 1 fully saturated rings. The number of pyridine rings is 1. The summed E-state index contributed by atoms with van der Waals surface area (Å²) in [6.45, 7) is 0. The summed E-state index contributed by atoms with van der Waals surface area (Å²) < 4.78 is 8.19. The fourth-order valence-electron chi connectivity index (χ4n) is 2.12. The molecule has 2 heterocycles. The molecule has 4 nitrogen and oxygen atoms in total. The summed E-state index contributed by atoms with van der Waals surface area (Å²) in [4.78, 5) is 2.27. The number of halogens is 1. The van der Waals surface area contributed by atoms with Crippen molar-refractivity contribution in [3.63, 3.8) is 0 Å². The fraction of sp³-hybridized carbons (Fsp3) is 0.417. The number of fused-ring (bicyclic) bond motifs is 1. The lowest BCUT2D eigenvalue weighted by Gasteiger charge is -2.17. The van der Waals surface area contributed by atoms with Gasteiger partial charge in [-0.1, -0.05) is 6.07 Å². The molecule has 1 saturated carbocycles. The van der Waals surface area contributed by atoms with E-state index < -0.39 is 0 Å². The van der Waals surface area contributed by atoms with Gasteiger partial charge in [-0.05, 0) is 40.9 Å². The standard InChI is InChI=1S/C12H14BrN3O/c1-15(8-6-7-8)11-9-4-3-5-10(13)16(9)14-12(11)17-2/h3-5,8H,6-7H2,1-2H3. The topological polar surface area (TPSA) is 29.8 Å². The number of rotatable bonds is 3. The van der Waals surface area contributed by atoms with E-state index in [2.05, 4.69) is 39.0 Å². The van der Waals surface area contributed by atoms with E-state index in [4.69, 9.17) is 4.74 Å². The van der Waals surface area contributed by atoms with E-state index in [1.165, 1.54) is 12.8 Å². The zero-order chi connectivity index (χ0) is 12.0. The molecule has 90 valence electrons. The maximum absolute atomic E-state index is 5.39. The lowest BCUT2D eigenvalue weighted by Crippen LogP contribution is -2.19. The van der Waals surface area contributed by atoms with Crippen molar-refractivity contribution >= 4 is 27.1 Å². The van der Waals surface area contributed by atoms with Gasteiger partial charge in [-0.25, -0.2) is 4.52 Å². The van der Waals surface area contributed by atoms with Crippen molar-refractivity contribution in [2.75, 3.05) is 19.1 Å². The van der Waals surface area contributed by atoms with Crippen molar-refractivity contribution in [3.05, 3.63) is 22.8 Å². The van der Waals surface area contributed by atoms with Crippen molar-refractivity contribution in [1.29, 1.82) is 0 Å². The van der Waals surface area contributed by atoms with E-state index in [9.17, 15) is 0 Å². The van der Waals surface area contributed by atoms with Crippen LogP contribution < -0.4 is 9.64 Å². The van der Waals surface area contributed by atoms with Gasteiger partial charge in [0.05, 0.1) is 12.6 Å². The van der Waals surface area contributed by atoms with Crippen LogP contribution in [0.25, 0.3) is 5.52 Å². The third kappa shape index (κ3) is 1.69. The maximum Gasteiger partial charge on any atom is 0.257 e. The van der Waals surface area contributed by atoms with Crippen molar-refractivity contribution in [1.82, 2.24) is 9.61 Å². The Morgan fingerprint density at radius 2 is 2.24 bits per heavy atom. The second kappa shape index (κ2) is 3.91. The zero-order valence-corrected chi connectivity index (χ0v) is 11.4. The van der Waals surface area contributed by atoms with Gasteiger partial charge in [-0.15, -0.1) is 5.10 Å². The van der Waals surface area contributed by atoms with E-state index in [-0.39, 0.29) is 0 Å². The monoisotopic (exact) mass is 295 g/mol. The van der Waals surface area contributed by atoms with Crippen LogP contribution in [-0.4, -0.2) is 29.8 Å². The predicted molar refractivity (Wildman–Crippen MR) is 70.9 cm³/mol. The van der Waals surface area contributed by atoms with Crippen LogP contribution >= 0.6 is 15.9 Å². The first-order valence-electron chi connectivity index (χ1n) is 5.66. The van der Waals surface area contributed by atoms with Crippen LogP contribution in [0.5, 0.6) is 5.88 Å². The Labute approximate surface area is 108 Å². The smallest absolute Gasteiger partial charge is 0.257 e. The van der Waals surface area contributed by atoms with Crippen LogP contribution in [-0.2, 0) is 0 Å². The van der Waals surface area contributed by atoms with Crippen LogP contribution in [0, 0.1) is 0 Å². The van der Waals surface area contributed by atoms with Gasteiger partial charge in [0.25, 0.3) is 5.88 Å². The molecule has 1 aliphatic carbocycles. The number of methoxy groups -OCH3 is 1. The maximum atomic E-state index is 5.39. The predicted octanol–water partition coefficient (Wildman–Crippen LogP) is 2.70. The molecule has 0 radical (unpaired) electrons. The lowest BCUT2D eigenvalue weighted by atomic mass is 10.3. The molecule has 0 aromatic carbocycles. The summed E-state index contributed by atoms with van der Waals surface area (Å²) in [5.41, 5.74) is 2.15.